The topological polar surface area (TPSA) is 21.3 Å². The van der Waals surface area contributed by atoms with Crippen LogP contribution in [0.5, 0.6) is 0 Å². The first-order valence-electron chi connectivity index (χ1n) is 6.49. The van der Waals surface area contributed by atoms with E-state index in [1.165, 1.54) is 17.7 Å². The van der Waals surface area contributed by atoms with E-state index in [1.807, 2.05) is 18.2 Å². The molecule has 0 spiro atoms. The minimum atomic E-state index is -0.216. The Labute approximate surface area is 112 Å². The highest BCUT2D eigenvalue weighted by molar-refractivity contribution is 5.22. The number of benzene rings is 2. The van der Waals surface area contributed by atoms with Crippen molar-refractivity contribution in [3.05, 3.63) is 71.5 Å². The first-order valence-corrected chi connectivity index (χ1v) is 6.49. The Morgan fingerprint density at radius 3 is 2.05 bits per heavy atom. The third kappa shape index (κ3) is 2.83. The average molecular weight is 257 g/mol. The van der Waals surface area contributed by atoms with Gasteiger partial charge in [0.15, 0.2) is 0 Å². The van der Waals surface area contributed by atoms with Gasteiger partial charge in [-0.1, -0.05) is 42.5 Å². The van der Waals surface area contributed by atoms with Crippen LogP contribution in [0.25, 0.3) is 0 Å². The quantitative estimate of drug-likeness (QED) is 0.892. The maximum absolute atomic E-state index is 12.9. The molecule has 1 N–H and O–H groups in total. The van der Waals surface area contributed by atoms with E-state index in [9.17, 15) is 4.39 Å². The fourth-order valence-corrected chi connectivity index (χ4v) is 2.38. The molecule has 1 heterocycles. The van der Waals surface area contributed by atoms with Crippen LogP contribution in [0.3, 0.4) is 0 Å². The highest BCUT2D eigenvalue weighted by atomic mass is 19.1. The maximum Gasteiger partial charge on any atom is 0.123 e. The monoisotopic (exact) mass is 257 g/mol. The first kappa shape index (κ1) is 12.3. The van der Waals surface area contributed by atoms with Gasteiger partial charge in [-0.2, -0.15) is 0 Å². The summed E-state index contributed by atoms with van der Waals surface area (Å²) < 4.78 is 19.1. The molecular formula is C16H16FNO. The predicted octanol–water partition coefficient (Wildman–Crippen LogP) is 3.23. The zero-order valence-electron chi connectivity index (χ0n) is 10.6. The van der Waals surface area contributed by atoms with Crippen LogP contribution in [0.1, 0.15) is 23.3 Å². The van der Waals surface area contributed by atoms with Gasteiger partial charge in [-0.05, 0) is 23.3 Å². The normalized spacial score (nSPS) is 23.2. The van der Waals surface area contributed by atoms with Crippen molar-refractivity contribution < 1.29 is 9.13 Å². The van der Waals surface area contributed by atoms with Crippen LogP contribution in [0, 0.1) is 5.82 Å². The molecule has 0 radical (unpaired) electrons. The van der Waals surface area contributed by atoms with Crippen molar-refractivity contribution in [3.8, 4) is 0 Å². The molecule has 0 bridgehead atoms. The Hall–Kier alpha value is -1.71. The lowest BCUT2D eigenvalue weighted by Gasteiger charge is -2.31. The Kier molecular flexibility index (Phi) is 3.58. The van der Waals surface area contributed by atoms with Gasteiger partial charge in [0, 0.05) is 13.1 Å². The van der Waals surface area contributed by atoms with Gasteiger partial charge in [0.05, 0.1) is 12.2 Å². The predicted molar refractivity (Wildman–Crippen MR) is 72.3 cm³/mol. The zero-order chi connectivity index (χ0) is 13.1. The lowest BCUT2D eigenvalue weighted by Crippen LogP contribution is -2.35. The molecule has 1 fully saturated rings. The van der Waals surface area contributed by atoms with Crippen molar-refractivity contribution in [1.82, 2.24) is 5.32 Å². The van der Waals surface area contributed by atoms with Crippen molar-refractivity contribution in [2.24, 2.45) is 0 Å². The van der Waals surface area contributed by atoms with Crippen LogP contribution in [-0.2, 0) is 4.74 Å². The summed E-state index contributed by atoms with van der Waals surface area (Å²) in [6, 6.07) is 16.7. The summed E-state index contributed by atoms with van der Waals surface area (Å²) in [6.45, 7) is 1.57. The molecule has 3 rings (SSSR count). The van der Waals surface area contributed by atoms with Crippen LogP contribution in [0.2, 0.25) is 0 Å². The molecule has 1 aliphatic rings. The summed E-state index contributed by atoms with van der Waals surface area (Å²) in [5.41, 5.74) is 2.18. The van der Waals surface area contributed by atoms with Crippen molar-refractivity contribution in [2.75, 3.05) is 13.1 Å². The highest BCUT2D eigenvalue weighted by Crippen LogP contribution is 2.29. The number of ether oxygens (including phenoxy) is 1. The molecule has 2 aromatic rings. The third-order valence-corrected chi connectivity index (χ3v) is 3.40. The zero-order valence-corrected chi connectivity index (χ0v) is 10.6. The number of hydrogen-bond donors (Lipinski definition) is 1. The van der Waals surface area contributed by atoms with Crippen molar-refractivity contribution in [2.45, 2.75) is 12.2 Å². The Morgan fingerprint density at radius 2 is 1.42 bits per heavy atom. The number of hydrogen-bond acceptors (Lipinski definition) is 2. The Balaban J connectivity index is 1.76. The minimum Gasteiger partial charge on any atom is -0.363 e. The molecule has 2 atom stereocenters. The molecule has 2 unspecified atom stereocenters. The number of halogens is 1. The van der Waals surface area contributed by atoms with Gasteiger partial charge in [0.2, 0.25) is 0 Å². The van der Waals surface area contributed by atoms with Gasteiger partial charge in [-0.3, -0.25) is 0 Å². The SMILES string of the molecule is Fc1ccc(C2CNCC(c3ccccc3)O2)cc1. The largest absolute Gasteiger partial charge is 0.363 e. The van der Waals surface area contributed by atoms with Crippen LogP contribution in [0.4, 0.5) is 4.39 Å². The summed E-state index contributed by atoms with van der Waals surface area (Å²) in [5, 5.41) is 3.38. The number of morpholine rings is 1. The van der Waals surface area contributed by atoms with Crippen molar-refractivity contribution >= 4 is 0 Å². The van der Waals surface area contributed by atoms with Crippen LogP contribution in [0.15, 0.2) is 54.6 Å². The summed E-state index contributed by atoms with van der Waals surface area (Å²) in [7, 11) is 0. The van der Waals surface area contributed by atoms with E-state index in [0.29, 0.717) is 0 Å². The van der Waals surface area contributed by atoms with Crippen molar-refractivity contribution in [1.29, 1.82) is 0 Å². The second kappa shape index (κ2) is 5.51. The first-order chi connectivity index (χ1) is 9.33. The van der Waals surface area contributed by atoms with E-state index >= 15 is 0 Å². The van der Waals surface area contributed by atoms with Crippen LogP contribution < -0.4 is 5.32 Å². The van der Waals surface area contributed by atoms with E-state index in [0.717, 1.165) is 18.7 Å². The van der Waals surface area contributed by atoms with E-state index in [-0.39, 0.29) is 18.0 Å². The van der Waals surface area contributed by atoms with E-state index in [4.69, 9.17) is 4.74 Å². The van der Waals surface area contributed by atoms with Gasteiger partial charge in [0.25, 0.3) is 0 Å². The third-order valence-electron chi connectivity index (χ3n) is 3.40. The fraction of sp³-hybridized carbons (Fsp3) is 0.250. The van der Waals surface area contributed by atoms with Crippen LogP contribution in [-0.4, -0.2) is 13.1 Å². The smallest absolute Gasteiger partial charge is 0.123 e. The molecule has 3 heteroatoms. The van der Waals surface area contributed by atoms with Crippen molar-refractivity contribution in [3.63, 3.8) is 0 Å². The molecule has 0 amide bonds. The molecule has 1 aliphatic heterocycles. The summed E-state index contributed by atoms with van der Waals surface area (Å²) in [4.78, 5) is 0. The van der Waals surface area contributed by atoms with Gasteiger partial charge < -0.3 is 10.1 Å². The second-order valence-electron chi connectivity index (χ2n) is 4.73. The Bertz CT molecular complexity index is 526. The lowest BCUT2D eigenvalue weighted by atomic mass is 10.0. The molecule has 98 valence electrons. The maximum atomic E-state index is 12.9. The van der Waals surface area contributed by atoms with Gasteiger partial charge in [-0.25, -0.2) is 4.39 Å². The molecular weight excluding hydrogens is 241 g/mol. The van der Waals surface area contributed by atoms with Crippen LogP contribution >= 0.6 is 0 Å². The lowest BCUT2D eigenvalue weighted by molar-refractivity contribution is -0.0406. The van der Waals surface area contributed by atoms with Gasteiger partial charge in [-0.15, -0.1) is 0 Å². The molecule has 0 aromatic heterocycles. The van der Waals surface area contributed by atoms with E-state index < -0.39 is 0 Å². The number of rotatable bonds is 2. The summed E-state index contributed by atoms with van der Waals surface area (Å²) in [6.07, 6.45) is 0.0181. The van der Waals surface area contributed by atoms with E-state index in [1.54, 1.807) is 12.1 Å². The van der Waals surface area contributed by atoms with Gasteiger partial charge >= 0.3 is 0 Å². The standard InChI is InChI=1S/C16H16FNO/c17-14-8-6-13(7-9-14)16-11-18-10-15(19-16)12-4-2-1-3-5-12/h1-9,15-16,18H,10-11H2. The highest BCUT2D eigenvalue weighted by Gasteiger charge is 2.24. The number of nitrogens with one attached hydrogen (secondary N) is 1. The Morgan fingerprint density at radius 1 is 0.842 bits per heavy atom. The molecule has 0 saturated carbocycles. The van der Waals surface area contributed by atoms with Gasteiger partial charge in [0.1, 0.15) is 5.82 Å². The second-order valence-corrected chi connectivity index (χ2v) is 4.73. The summed E-state index contributed by atoms with van der Waals surface area (Å²) in [5.74, 6) is -0.216. The molecule has 0 aliphatic carbocycles. The minimum absolute atomic E-state index is 0.0282. The molecule has 1 saturated heterocycles. The molecule has 2 aromatic carbocycles. The van der Waals surface area contributed by atoms with E-state index in [2.05, 4.69) is 17.4 Å². The summed E-state index contributed by atoms with van der Waals surface area (Å²) >= 11 is 0. The molecule has 2 nitrogen and oxygen atoms in total. The molecule has 19 heavy (non-hydrogen) atoms. The fourth-order valence-electron chi connectivity index (χ4n) is 2.38. The average Bonchev–Trinajstić information content (AvgIpc) is 2.49.